The number of nitrogens with zero attached hydrogens (tertiary/aromatic N) is 3. The van der Waals surface area contributed by atoms with E-state index in [1.165, 1.54) is 41.8 Å². The Bertz CT molecular complexity index is 1000. The van der Waals surface area contributed by atoms with E-state index in [-0.39, 0.29) is 11.5 Å². The normalized spacial score (nSPS) is 11.0. The molecule has 0 fully saturated rings. The number of thiazole rings is 1. The zero-order chi connectivity index (χ0) is 18.5. The zero-order valence-corrected chi connectivity index (χ0v) is 14.0. The maximum atomic E-state index is 12.9. The second-order valence-corrected chi connectivity index (χ2v) is 6.02. The first-order valence-electron chi connectivity index (χ1n) is 7.40. The molecule has 0 bridgehead atoms. The minimum absolute atomic E-state index is 0.00492. The Labute approximate surface area is 152 Å². The number of allylic oxidation sites excluding steroid dienone is 1. The van der Waals surface area contributed by atoms with Gasteiger partial charge in [-0.05, 0) is 36.4 Å². The average Bonchev–Trinajstić information content (AvgIpc) is 3.14. The number of anilines is 1. The number of nitriles is 1. The molecule has 1 N–H and O–H groups in total. The number of non-ortho nitro benzene ring substituents is 1. The van der Waals surface area contributed by atoms with Crippen LogP contribution >= 0.6 is 11.3 Å². The molecule has 0 aliphatic heterocycles. The summed E-state index contributed by atoms with van der Waals surface area (Å²) in [4.78, 5) is 14.7. The van der Waals surface area contributed by atoms with E-state index in [9.17, 15) is 19.8 Å². The van der Waals surface area contributed by atoms with Crippen molar-refractivity contribution in [3.8, 4) is 17.3 Å². The van der Waals surface area contributed by atoms with Gasteiger partial charge in [-0.2, -0.15) is 5.26 Å². The topological polar surface area (TPSA) is 91.8 Å². The van der Waals surface area contributed by atoms with Crippen LogP contribution in [-0.4, -0.2) is 9.91 Å². The monoisotopic (exact) mass is 366 g/mol. The molecule has 8 heteroatoms. The molecule has 2 aromatic carbocycles. The number of aromatic nitrogens is 1. The SMILES string of the molecule is N#C/C(=C\Nc1ccc(F)cc1)c1nc(-c2ccc([N+](=O)[O-])cc2)cs1. The lowest BCUT2D eigenvalue weighted by Gasteiger charge is -2.01. The molecule has 0 spiro atoms. The average molecular weight is 366 g/mol. The Balaban J connectivity index is 1.80. The molecule has 3 rings (SSSR count). The Kier molecular flexibility index (Phi) is 5.01. The minimum Gasteiger partial charge on any atom is -0.360 e. The zero-order valence-electron chi connectivity index (χ0n) is 13.2. The van der Waals surface area contributed by atoms with Crippen molar-refractivity contribution in [3.63, 3.8) is 0 Å². The van der Waals surface area contributed by atoms with Crippen LogP contribution in [0.1, 0.15) is 5.01 Å². The molecular formula is C18H11FN4O2S. The molecule has 128 valence electrons. The third-order valence-electron chi connectivity index (χ3n) is 3.46. The molecule has 6 nitrogen and oxygen atoms in total. The van der Waals surface area contributed by atoms with E-state index < -0.39 is 4.92 Å². The highest BCUT2D eigenvalue weighted by Gasteiger charge is 2.11. The van der Waals surface area contributed by atoms with Crippen molar-refractivity contribution < 1.29 is 9.31 Å². The molecule has 0 saturated heterocycles. The van der Waals surface area contributed by atoms with E-state index in [2.05, 4.69) is 16.4 Å². The van der Waals surface area contributed by atoms with Crippen LogP contribution in [0.4, 0.5) is 15.8 Å². The summed E-state index contributed by atoms with van der Waals surface area (Å²) < 4.78 is 12.9. The molecule has 0 unspecified atom stereocenters. The first kappa shape index (κ1) is 17.3. The molecular weight excluding hydrogens is 355 g/mol. The van der Waals surface area contributed by atoms with Crippen LogP contribution in [0.25, 0.3) is 16.8 Å². The van der Waals surface area contributed by atoms with E-state index in [1.807, 2.05) is 0 Å². The van der Waals surface area contributed by atoms with E-state index in [0.29, 0.717) is 22.0 Å². The van der Waals surface area contributed by atoms with Crippen molar-refractivity contribution in [1.82, 2.24) is 4.98 Å². The van der Waals surface area contributed by atoms with Gasteiger partial charge in [0.2, 0.25) is 0 Å². The molecule has 26 heavy (non-hydrogen) atoms. The van der Waals surface area contributed by atoms with E-state index >= 15 is 0 Å². The molecule has 0 radical (unpaired) electrons. The number of nitro benzene ring substituents is 1. The highest BCUT2D eigenvalue weighted by molar-refractivity contribution is 7.11. The van der Waals surface area contributed by atoms with Gasteiger partial charge in [-0.1, -0.05) is 0 Å². The molecule has 1 heterocycles. The summed E-state index contributed by atoms with van der Waals surface area (Å²) in [6.07, 6.45) is 1.51. The smallest absolute Gasteiger partial charge is 0.269 e. The number of hydrogen-bond donors (Lipinski definition) is 1. The Hall–Kier alpha value is -3.57. The predicted molar refractivity (Wildman–Crippen MR) is 97.8 cm³/mol. The third-order valence-corrected chi connectivity index (χ3v) is 4.33. The summed E-state index contributed by atoms with van der Waals surface area (Å²) in [6, 6.07) is 13.9. The molecule has 0 atom stereocenters. The fourth-order valence-electron chi connectivity index (χ4n) is 2.13. The van der Waals surface area contributed by atoms with Crippen molar-refractivity contribution in [2.24, 2.45) is 0 Å². The number of hydrogen-bond acceptors (Lipinski definition) is 6. The van der Waals surface area contributed by atoms with Crippen LogP contribution in [0, 0.1) is 27.3 Å². The first-order chi connectivity index (χ1) is 12.6. The van der Waals surface area contributed by atoms with Crippen LogP contribution in [-0.2, 0) is 0 Å². The van der Waals surface area contributed by atoms with Gasteiger partial charge in [0.05, 0.1) is 10.6 Å². The second kappa shape index (κ2) is 7.55. The standard InChI is InChI=1S/C18H11FN4O2S/c19-14-3-5-15(6-4-14)21-10-13(9-20)18-22-17(11-26-18)12-1-7-16(8-2-12)23(24)25/h1-8,10-11,21H/b13-10+. The molecule has 1 aromatic heterocycles. The van der Waals surface area contributed by atoms with Gasteiger partial charge < -0.3 is 5.32 Å². The first-order valence-corrected chi connectivity index (χ1v) is 8.28. The van der Waals surface area contributed by atoms with Crippen LogP contribution in [0.3, 0.4) is 0 Å². The summed E-state index contributed by atoms with van der Waals surface area (Å²) in [5.41, 5.74) is 2.33. The van der Waals surface area contributed by atoms with E-state index in [4.69, 9.17) is 0 Å². The fourth-order valence-corrected chi connectivity index (χ4v) is 2.92. The van der Waals surface area contributed by atoms with Gasteiger partial charge in [-0.15, -0.1) is 11.3 Å². The van der Waals surface area contributed by atoms with Crippen molar-refractivity contribution in [3.05, 3.63) is 81.1 Å². The minimum atomic E-state index is -0.464. The third kappa shape index (κ3) is 3.91. The van der Waals surface area contributed by atoms with E-state index in [0.717, 1.165) is 5.56 Å². The lowest BCUT2D eigenvalue weighted by atomic mass is 10.1. The van der Waals surface area contributed by atoms with Gasteiger partial charge in [0.1, 0.15) is 22.5 Å². The fraction of sp³-hybridized carbons (Fsp3) is 0. The van der Waals surface area contributed by atoms with Crippen molar-refractivity contribution in [2.45, 2.75) is 0 Å². The Morgan fingerprint density at radius 2 is 1.92 bits per heavy atom. The second-order valence-electron chi connectivity index (χ2n) is 5.16. The largest absolute Gasteiger partial charge is 0.360 e. The predicted octanol–water partition coefficient (Wildman–Crippen LogP) is 4.83. The molecule has 0 aliphatic carbocycles. The molecule has 3 aromatic rings. The Morgan fingerprint density at radius 1 is 1.23 bits per heavy atom. The van der Waals surface area contributed by atoms with Crippen molar-refractivity contribution >= 4 is 28.3 Å². The van der Waals surface area contributed by atoms with Gasteiger partial charge in [0.25, 0.3) is 5.69 Å². The molecule has 0 aliphatic rings. The summed E-state index contributed by atoms with van der Waals surface area (Å²) >= 11 is 1.29. The van der Waals surface area contributed by atoms with Gasteiger partial charge in [0.15, 0.2) is 0 Å². The van der Waals surface area contributed by atoms with Crippen LogP contribution in [0.2, 0.25) is 0 Å². The van der Waals surface area contributed by atoms with Gasteiger partial charge in [0, 0.05) is 35.0 Å². The summed E-state index contributed by atoms with van der Waals surface area (Å²) in [7, 11) is 0. The maximum absolute atomic E-state index is 12.9. The number of nitro groups is 1. The highest BCUT2D eigenvalue weighted by Crippen LogP contribution is 2.27. The Morgan fingerprint density at radius 3 is 2.54 bits per heavy atom. The van der Waals surface area contributed by atoms with Crippen LogP contribution in [0.15, 0.2) is 60.1 Å². The quantitative estimate of drug-likeness (QED) is 0.396. The number of nitrogens with one attached hydrogen (secondary N) is 1. The number of benzene rings is 2. The van der Waals surface area contributed by atoms with Crippen molar-refractivity contribution in [1.29, 1.82) is 5.26 Å². The highest BCUT2D eigenvalue weighted by atomic mass is 32.1. The molecule has 0 amide bonds. The summed E-state index contributed by atoms with van der Waals surface area (Å²) in [5, 5.41) is 25.3. The lowest BCUT2D eigenvalue weighted by molar-refractivity contribution is -0.384. The van der Waals surface area contributed by atoms with E-state index in [1.54, 1.807) is 29.6 Å². The summed E-state index contributed by atoms with van der Waals surface area (Å²) in [6.45, 7) is 0. The number of rotatable bonds is 5. The number of halogens is 1. The van der Waals surface area contributed by atoms with Crippen LogP contribution in [0.5, 0.6) is 0 Å². The lowest BCUT2D eigenvalue weighted by Crippen LogP contribution is -1.91. The van der Waals surface area contributed by atoms with Crippen LogP contribution < -0.4 is 5.32 Å². The van der Waals surface area contributed by atoms with Gasteiger partial charge in [-0.3, -0.25) is 10.1 Å². The van der Waals surface area contributed by atoms with Gasteiger partial charge in [-0.25, -0.2) is 9.37 Å². The maximum Gasteiger partial charge on any atom is 0.269 e. The summed E-state index contributed by atoms with van der Waals surface area (Å²) in [5.74, 6) is -0.340. The molecule has 0 saturated carbocycles. The van der Waals surface area contributed by atoms with Crippen molar-refractivity contribution in [2.75, 3.05) is 5.32 Å². The van der Waals surface area contributed by atoms with Gasteiger partial charge >= 0.3 is 0 Å².